The predicted molar refractivity (Wildman–Crippen MR) is 153 cm³/mol. The van der Waals surface area contributed by atoms with Crippen LogP contribution < -0.4 is 0 Å². The van der Waals surface area contributed by atoms with E-state index in [9.17, 15) is 22.4 Å². The van der Waals surface area contributed by atoms with E-state index in [2.05, 4.69) is 72.6 Å². The summed E-state index contributed by atoms with van der Waals surface area (Å²) in [4.78, 5) is 18.3. The Kier molecular flexibility index (Phi) is 10.6. The molecule has 0 bridgehead atoms. The lowest BCUT2D eigenvalue weighted by molar-refractivity contribution is -0.137. The maximum absolute atomic E-state index is 14.3. The van der Waals surface area contributed by atoms with Crippen LogP contribution in [-0.2, 0) is 11.0 Å². The van der Waals surface area contributed by atoms with E-state index in [1.54, 1.807) is 6.92 Å². The largest absolute Gasteiger partial charge is 0.416 e. The van der Waals surface area contributed by atoms with Crippen LogP contribution in [0.4, 0.5) is 17.6 Å². The molecular weight excluding hydrogens is 516 g/mol. The number of hydrogen-bond donors (Lipinski definition) is 0. The van der Waals surface area contributed by atoms with Crippen molar-refractivity contribution in [3.63, 3.8) is 0 Å². The van der Waals surface area contributed by atoms with E-state index in [4.69, 9.17) is 0 Å². The molecule has 0 spiro atoms. The number of carbonyl (C=O) groups excluding carboxylic acids is 1. The fraction of sp³-hybridized carbons (Fsp3) is 0.333. The summed E-state index contributed by atoms with van der Waals surface area (Å²) in [5.74, 6) is -0.513. The molecule has 0 saturated carbocycles. The van der Waals surface area contributed by atoms with Gasteiger partial charge in [-0.15, -0.1) is 0 Å². The lowest BCUT2D eigenvalue weighted by atomic mass is 9.93. The molecule has 0 fully saturated rings. The second-order valence-electron chi connectivity index (χ2n) is 10.2. The van der Waals surface area contributed by atoms with Crippen molar-refractivity contribution in [2.45, 2.75) is 59.2 Å². The Balaban J connectivity index is 0.000000263. The van der Waals surface area contributed by atoms with E-state index in [0.29, 0.717) is 37.1 Å². The van der Waals surface area contributed by atoms with Crippen molar-refractivity contribution in [1.82, 2.24) is 4.90 Å². The summed E-state index contributed by atoms with van der Waals surface area (Å²) < 4.78 is 52.4. The van der Waals surface area contributed by atoms with E-state index in [1.165, 1.54) is 24.1 Å². The molecule has 7 heteroatoms. The van der Waals surface area contributed by atoms with Gasteiger partial charge in [-0.25, -0.2) is 4.39 Å². The number of ketones is 1. The van der Waals surface area contributed by atoms with Crippen LogP contribution in [0.2, 0.25) is 0 Å². The zero-order valence-corrected chi connectivity index (χ0v) is 23.6. The lowest BCUT2D eigenvalue weighted by Crippen LogP contribution is -2.36. The third-order valence-electron chi connectivity index (χ3n) is 7.05. The fourth-order valence-electron chi connectivity index (χ4n) is 4.73. The van der Waals surface area contributed by atoms with Gasteiger partial charge in [0.2, 0.25) is 0 Å². The van der Waals surface area contributed by atoms with E-state index >= 15 is 0 Å². The molecule has 1 aliphatic heterocycles. The molecule has 0 amide bonds. The second kappa shape index (κ2) is 13.7. The van der Waals surface area contributed by atoms with Crippen molar-refractivity contribution in [2.24, 2.45) is 4.99 Å². The van der Waals surface area contributed by atoms with Crippen molar-refractivity contribution < 1.29 is 22.4 Å². The van der Waals surface area contributed by atoms with E-state index in [-0.39, 0.29) is 11.3 Å². The highest BCUT2D eigenvalue weighted by Crippen LogP contribution is 2.34. The minimum absolute atomic E-state index is 0.102. The Bertz CT molecular complexity index is 1300. The summed E-state index contributed by atoms with van der Waals surface area (Å²) in [7, 11) is 0. The van der Waals surface area contributed by atoms with Gasteiger partial charge >= 0.3 is 6.18 Å². The highest BCUT2D eigenvalue weighted by molar-refractivity contribution is 5.95. The van der Waals surface area contributed by atoms with Gasteiger partial charge in [0.1, 0.15) is 5.82 Å². The van der Waals surface area contributed by atoms with Crippen LogP contribution in [0, 0.1) is 5.82 Å². The standard InChI is InChI=1S/C19H22F4N2O.C14H14/c1-11(2)24-18-7-8-25(10-16(18)13(4)26)12(3)15-6-5-14(9-17(15)20)19(21,22)23;1-12(13-8-4-2-5-9-13)14-10-6-3-7-11-14/h5-6,9,12H,7-8,10H2,1-4H3;2-12H,1H3. The molecule has 3 nitrogen and oxygen atoms in total. The SMILES string of the molecule is CC(=O)C1=C(N=C(C)C)CCN(C(C)c2ccc(C(F)(F)F)cc2F)C1.CC(c1ccccc1)c1ccccc1. The summed E-state index contributed by atoms with van der Waals surface area (Å²) in [6, 6.07) is 23.3. The van der Waals surface area contributed by atoms with Gasteiger partial charge in [0.15, 0.2) is 5.78 Å². The first-order valence-electron chi connectivity index (χ1n) is 13.3. The number of halogens is 4. The number of aliphatic imine (C=N–C) groups is 1. The maximum atomic E-state index is 14.3. The first kappa shape index (κ1) is 31.0. The molecule has 1 atom stereocenters. The Hall–Kier alpha value is -3.58. The highest BCUT2D eigenvalue weighted by Gasteiger charge is 2.32. The van der Waals surface area contributed by atoms with Gasteiger partial charge in [-0.3, -0.25) is 14.7 Å². The molecule has 0 saturated heterocycles. The summed E-state index contributed by atoms with van der Waals surface area (Å²) in [5, 5.41) is 0. The highest BCUT2D eigenvalue weighted by atomic mass is 19.4. The zero-order valence-electron chi connectivity index (χ0n) is 23.6. The average molecular weight is 553 g/mol. The van der Waals surface area contributed by atoms with Gasteiger partial charge < -0.3 is 0 Å². The first-order valence-corrected chi connectivity index (χ1v) is 13.3. The Morgan fingerprint density at radius 3 is 1.88 bits per heavy atom. The van der Waals surface area contributed by atoms with Crippen LogP contribution in [0.25, 0.3) is 0 Å². The van der Waals surface area contributed by atoms with Gasteiger partial charge in [0, 0.05) is 54.0 Å². The maximum Gasteiger partial charge on any atom is 0.416 e. The number of carbonyl (C=O) groups is 1. The van der Waals surface area contributed by atoms with E-state index in [0.717, 1.165) is 17.5 Å². The van der Waals surface area contributed by atoms with Crippen LogP contribution in [-0.4, -0.2) is 29.5 Å². The quantitative estimate of drug-likeness (QED) is 0.226. The van der Waals surface area contributed by atoms with Crippen LogP contribution >= 0.6 is 0 Å². The number of alkyl halides is 3. The van der Waals surface area contributed by atoms with Gasteiger partial charge in [-0.1, -0.05) is 73.7 Å². The first-order chi connectivity index (χ1) is 18.9. The topological polar surface area (TPSA) is 32.7 Å². The van der Waals surface area contributed by atoms with Gasteiger partial charge in [0.05, 0.1) is 5.56 Å². The van der Waals surface area contributed by atoms with Crippen LogP contribution in [0.1, 0.15) is 75.3 Å². The Morgan fingerprint density at radius 1 is 0.875 bits per heavy atom. The predicted octanol–water partition coefficient (Wildman–Crippen LogP) is 8.77. The van der Waals surface area contributed by atoms with Crippen molar-refractivity contribution in [3.8, 4) is 0 Å². The normalized spacial score (nSPS) is 14.8. The van der Waals surface area contributed by atoms with Crippen molar-refractivity contribution >= 4 is 11.5 Å². The molecule has 3 aromatic carbocycles. The number of nitrogens with zero attached hydrogens (tertiary/aromatic N) is 2. The third kappa shape index (κ3) is 8.21. The second-order valence-corrected chi connectivity index (χ2v) is 10.2. The molecule has 0 aliphatic carbocycles. The summed E-state index contributed by atoms with van der Waals surface area (Å²) in [5.41, 5.74) is 4.06. The molecule has 3 aromatic rings. The minimum atomic E-state index is -4.58. The molecule has 4 rings (SSSR count). The van der Waals surface area contributed by atoms with Gasteiger partial charge in [-0.05, 0) is 51.0 Å². The monoisotopic (exact) mass is 552 g/mol. The van der Waals surface area contributed by atoms with Crippen molar-refractivity contribution in [3.05, 3.63) is 118 Å². The summed E-state index contributed by atoms with van der Waals surface area (Å²) in [6.45, 7) is 9.96. The number of Topliss-reactive ketones (excluding diaryl/α,β-unsaturated/α-hetero) is 1. The van der Waals surface area contributed by atoms with Crippen LogP contribution in [0.15, 0.2) is 95.1 Å². The number of rotatable bonds is 6. The lowest BCUT2D eigenvalue weighted by Gasteiger charge is -2.34. The average Bonchev–Trinajstić information content (AvgIpc) is 2.93. The van der Waals surface area contributed by atoms with Gasteiger partial charge in [0.25, 0.3) is 0 Å². The zero-order chi connectivity index (χ0) is 29.4. The molecular formula is C33H36F4N2O. The number of benzene rings is 3. The Labute approximate surface area is 234 Å². The molecule has 1 unspecified atom stereocenters. The molecule has 1 aliphatic rings. The molecule has 0 N–H and O–H groups in total. The fourth-order valence-corrected chi connectivity index (χ4v) is 4.73. The number of hydrogen-bond acceptors (Lipinski definition) is 3. The molecule has 212 valence electrons. The third-order valence-corrected chi connectivity index (χ3v) is 7.05. The van der Waals surface area contributed by atoms with Crippen molar-refractivity contribution in [2.75, 3.05) is 13.1 Å². The van der Waals surface area contributed by atoms with Crippen LogP contribution in [0.3, 0.4) is 0 Å². The van der Waals surface area contributed by atoms with Crippen LogP contribution in [0.5, 0.6) is 0 Å². The smallest absolute Gasteiger partial charge is 0.295 e. The van der Waals surface area contributed by atoms with E-state index in [1.807, 2.05) is 18.7 Å². The molecule has 0 radical (unpaired) electrons. The Morgan fingerprint density at radius 2 is 1.43 bits per heavy atom. The van der Waals surface area contributed by atoms with E-state index < -0.39 is 23.6 Å². The molecule has 40 heavy (non-hydrogen) atoms. The molecule has 1 heterocycles. The summed E-state index contributed by atoms with van der Waals surface area (Å²) in [6.07, 6.45) is -4.05. The van der Waals surface area contributed by atoms with Gasteiger partial charge in [-0.2, -0.15) is 13.2 Å². The van der Waals surface area contributed by atoms with Crippen molar-refractivity contribution in [1.29, 1.82) is 0 Å². The molecule has 0 aromatic heterocycles. The summed E-state index contributed by atoms with van der Waals surface area (Å²) >= 11 is 0. The minimum Gasteiger partial charge on any atom is -0.295 e.